The van der Waals surface area contributed by atoms with Crippen molar-refractivity contribution < 1.29 is 4.74 Å². The van der Waals surface area contributed by atoms with Crippen LogP contribution in [0.3, 0.4) is 0 Å². The maximum absolute atomic E-state index is 5.78. The van der Waals surface area contributed by atoms with Crippen LogP contribution in [0.15, 0.2) is 18.2 Å². The van der Waals surface area contributed by atoms with Gasteiger partial charge in [-0.25, -0.2) is 0 Å². The van der Waals surface area contributed by atoms with Crippen LogP contribution in [0.5, 0.6) is 5.75 Å². The molecule has 0 radical (unpaired) electrons. The van der Waals surface area contributed by atoms with Crippen LogP contribution >= 0.6 is 0 Å². The fourth-order valence-electron chi connectivity index (χ4n) is 2.11. The number of nitrogens with two attached hydrogens (primary N) is 1. The lowest BCUT2D eigenvalue weighted by Crippen LogP contribution is -2.26. The molecule has 1 aromatic carbocycles. The first-order valence-electron chi connectivity index (χ1n) is 6.39. The summed E-state index contributed by atoms with van der Waals surface area (Å²) >= 11 is 0. The minimum Gasteiger partial charge on any atom is -0.493 e. The van der Waals surface area contributed by atoms with E-state index in [0.717, 1.165) is 38.2 Å². The Bertz CT molecular complexity index is 376. The zero-order chi connectivity index (χ0) is 12.3. The molecule has 3 heteroatoms. The molecule has 0 bridgehead atoms. The predicted octanol–water partition coefficient (Wildman–Crippen LogP) is 2.19. The van der Waals surface area contributed by atoms with Crippen LogP contribution in [0.4, 0.5) is 5.69 Å². The van der Waals surface area contributed by atoms with Crippen molar-refractivity contribution in [2.75, 3.05) is 25.1 Å². The van der Waals surface area contributed by atoms with Crippen LogP contribution in [-0.2, 0) is 6.42 Å². The van der Waals surface area contributed by atoms with Crippen molar-refractivity contribution in [1.29, 1.82) is 0 Å². The second-order valence-electron chi connectivity index (χ2n) is 4.93. The number of benzene rings is 1. The number of hydrogen-bond acceptors (Lipinski definition) is 3. The van der Waals surface area contributed by atoms with Crippen LogP contribution in [0.2, 0.25) is 0 Å². The van der Waals surface area contributed by atoms with Crippen LogP contribution in [0.25, 0.3) is 0 Å². The third kappa shape index (κ3) is 3.13. The zero-order valence-electron chi connectivity index (χ0n) is 10.8. The molecule has 0 saturated carbocycles. The molecule has 0 amide bonds. The van der Waals surface area contributed by atoms with E-state index < -0.39 is 0 Å². The molecule has 3 nitrogen and oxygen atoms in total. The number of hydrogen-bond donors (Lipinski definition) is 1. The SMILES string of the molecule is CC(N)CCN(C)c1ccc2c(c1)CCCO2. The van der Waals surface area contributed by atoms with Gasteiger partial charge in [0.15, 0.2) is 0 Å². The molecule has 17 heavy (non-hydrogen) atoms. The van der Waals surface area contributed by atoms with Crippen molar-refractivity contribution >= 4 is 5.69 Å². The predicted molar refractivity (Wildman–Crippen MR) is 71.8 cm³/mol. The Labute approximate surface area is 104 Å². The molecule has 94 valence electrons. The quantitative estimate of drug-likeness (QED) is 0.868. The van der Waals surface area contributed by atoms with Gasteiger partial charge in [-0.2, -0.15) is 0 Å². The maximum atomic E-state index is 5.78. The number of nitrogens with zero attached hydrogens (tertiary/aromatic N) is 1. The smallest absolute Gasteiger partial charge is 0.122 e. The first-order valence-corrected chi connectivity index (χ1v) is 6.39. The summed E-state index contributed by atoms with van der Waals surface area (Å²) in [6.07, 6.45) is 3.27. The third-order valence-electron chi connectivity index (χ3n) is 3.25. The first-order chi connectivity index (χ1) is 8.16. The second kappa shape index (κ2) is 5.41. The van der Waals surface area contributed by atoms with Crippen molar-refractivity contribution in [1.82, 2.24) is 0 Å². The average Bonchev–Trinajstić information content (AvgIpc) is 2.35. The summed E-state index contributed by atoms with van der Waals surface area (Å²) in [6, 6.07) is 6.73. The lowest BCUT2D eigenvalue weighted by Gasteiger charge is -2.23. The van der Waals surface area contributed by atoms with E-state index in [4.69, 9.17) is 10.5 Å². The van der Waals surface area contributed by atoms with Gasteiger partial charge in [0.05, 0.1) is 6.61 Å². The van der Waals surface area contributed by atoms with Crippen LogP contribution in [-0.4, -0.2) is 26.2 Å². The van der Waals surface area contributed by atoms with E-state index in [1.807, 2.05) is 0 Å². The van der Waals surface area contributed by atoms with E-state index in [2.05, 4.69) is 37.1 Å². The number of ether oxygens (including phenoxy) is 1. The van der Waals surface area contributed by atoms with Crippen LogP contribution in [0, 0.1) is 0 Å². The Morgan fingerprint density at radius 3 is 3.06 bits per heavy atom. The van der Waals surface area contributed by atoms with Crippen molar-refractivity contribution in [2.45, 2.75) is 32.2 Å². The van der Waals surface area contributed by atoms with E-state index in [9.17, 15) is 0 Å². The molecule has 2 N–H and O–H groups in total. The molecule has 0 spiro atoms. The van der Waals surface area contributed by atoms with Gasteiger partial charge in [-0.05, 0) is 49.9 Å². The Morgan fingerprint density at radius 2 is 2.29 bits per heavy atom. The highest BCUT2D eigenvalue weighted by atomic mass is 16.5. The maximum Gasteiger partial charge on any atom is 0.122 e. The van der Waals surface area contributed by atoms with E-state index >= 15 is 0 Å². The second-order valence-corrected chi connectivity index (χ2v) is 4.93. The monoisotopic (exact) mass is 234 g/mol. The minimum absolute atomic E-state index is 0.262. The molecule has 1 heterocycles. The number of anilines is 1. The first kappa shape index (κ1) is 12.2. The van der Waals surface area contributed by atoms with Gasteiger partial charge in [0.2, 0.25) is 0 Å². The van der Waals surface area contributed by atoms with E-state index in [0.29, 0.717) is 0 Å². The van der Waals surface area contributed by atoms with Gasteiger partial charge in [-0.15, -0.1) is 0 Å². The highest BCUT2D eigenvalue weighted by Crippen LogP contribution is 2.28. The minimum atomic E-state index is 0.262. The molecular weight excluding hydrogens is 212 g/mol. The molecule has 0 aromatic heterocycles. The molecular formula is C14H22N2O. The molecule has 0 aliphatic carbocycles. The van der Waals surface area contributed by atoms with E-state index in [-0.39, 0.29) is 6.04 Å². The summed E-state index contributed by atoms with van der Waals surface area (Å²) in [5.41, 5.74) is 8.38. The summed E-state index contributed by atoms with van der Waals surface area (Å²) in [5, 5.41) is 0. The van der Waals surface area contributed by atoms with Gasteiger partial charge in [0, 0.05) is 25.3 Å². The molecule has 1 unspecified atom stereocenters. The van der Waals surface area contributed by atoms with Crippen LogP contribution < -0.4 is 15.4 Å². The van der Waals surface area contributed by atoms with Gasteiger partial charge in [-0.1, -0.05) is 0 Å². The molecule has 0 saturated heterocycles. The summed E-state index contributed by atoms with van der Waals surface area (Å²) in [7, 11) is 2.12. The number of aryl methyl sites for hydroxylation is 1. The van der Waals surface area contributed by atoms with Gasteiger partial charge in [0.1, 0.15) is 5.75 Å². The van der Waals surface area contributed by atoms with Gasteiger partial charge < -0.3 is 15.4 Å². The Hall–Kier alpha value is -1.22. The third-order valence-corrected chi connectivity index (χ3v) is 3.25. The summed E-state index contributed by atoms with van der Waals surface area (Å²) in [6.45, 7) is 3.90. The van der Waals surface area contributed by atoms with Crippen molar-refractivity contribution in [3.05, 3.63) is 23.8 Å². The van der Waals surface area contributed by atoms with Crippen LogP contribution in [0.1, 0.15) is 25.3 Å². The van der Waals surface area contributed by atoms with Gasteiger partial charge in [-0.3, -0.25) is 0 Å². The molecule has 0 fully saturated rings. The lowest BCUT2D eigenvalue weighted by molar-refractivity contribution is 0.288. The molecule has 1 atom stereocenters. The fourth-order valence-corrected chi connectivity index (χ4v) is 2.11. The van der Waals surface area contributed by atoms with Gasteiger partial charge >= 0.3 is 0 Å². The van der Waals surface area contributed by atoms with E-state index in [1.54, 1.807) is 0 Å². The lowest BCUT2D eigenvalue weighted by atomic mass is 10.1. The van der Waals surface area contributed by atoms with Crippen molar-refractivity contribution in [3.8, 4) is 5.75 Å². The standard InChI is InChI=1S/C14H22N2O/c1-11(15)7-8-16(2)13-5-6-14-12(10-13)4-3-9-17-14/h5-6,10-11H,3-4,7-9,15H2,1-2H3. The number of rotatable bonds is 4. The average molecular weight is 234 g/mol. The van der Waals surface area contributed by atoms with Gasteiger partial charge in [0.25, 0.3) is 0 Å². The summed E-state index contributed by atoms with van der Waals surface area (Å²) in [5.74, 6) is 1.06. The molecule has 2 rings (SSSR count). The molecule has 1 aliphatic heterocycles. The topological polar surface area (TPSA) is 38.5 Å². The number of fused-ring (bicyclic) bond motifs is 1. The largest absolute Gasteiger partial charge is 0.493 e. The summed E-state index contributed by atoms with van der Waals surface area (Å²) in [4.78, 5) is 2.26. The van der Waals surface area contributed by atoms with Crippen molar-refractivity contribution in [2.24, 2.45) is 5.73 Å². The Balaban J connectivity index is 2.05. The highest BCUT2D eigenvalue weighted by Gasteiger charge is 2.12. The molecule has 1 aliphatic rings. The molecule has 1 aromatic rings. The highest BCUT2D eigenvalue weighted by molar-refractivity contribution is 5.53. The fraction of sp³-hybridized carbons (Fsp3) is 0.571. The Morgan fingerprint density at radius 1 is 1.47 bits per heavy atom. The normalized spacial score (nSPS) is 15.9. The summed E-state index contributed by atoms with van der Waals surface area (Å²) < 4.78 is 5.62. The zero-order valence-corrected chi connectivity index (χ0v) is 10.8. The van der Waals surface area contributed by atoms with E-state index in [1.165, 1.54) is 11.3 Å². The van der Waals surface area contributed by atoms with Crippen molar-refractivity contribution in [3.63, 3.8) is 0 Å². The Kier molecular flexibility index (Phi) is 3.89.